The number of aromatic nitrogens is 1. The number of hydrogen-bond acceptors (Lipinski definition) is 7. The standard InChI is InChI=1S/C30H44N4O4S2.ClH/c1-6-11-19-33(20-12-7-2)40(36,37)26-16-13-24(14-17-26)29(35)34(22-21-32(8-3)9-4)30-31-27-18-15-25(38-10-5)23-28(27)39-30;/h13-18,23H,6-12,19-22H2,1-5H3;1H. The number of likely N-dealkylation sites (N-methyl/N-ethyl adjacent to an activating group) is 1. The SMILES string of the molecule is CCCCN(CCCC)S(=O)(=O)c1ccc(C(=O)N(CCN(CC)CC)c2nc3ccc(OCC)cc3s2)cc1.Cl. The van der Waals surface area contributed by atoms with Crippen LogP contribution in [0.3, 0.4) is 0 Å². The highest BCUT2D eigenvalue weighted by Crippen LogP contribution is 2.32. The van der Waals surface area contributed by atoms with Crippen LogP contribution >= 0.6 is 23.7 Å². The lowest BCUT2D eigenvalue weighted by atomic mass is 10.2. The number of unbranched alkanes of at least 4 members (excludes halogenated alkanes) is 2. The maximum atomic E-state index is 13.8. The van der Waals surface area contributed by atoms with Crippen molar-refractivity contribution < 1.29 is 17.9 Å². The van der Waals surface area contributed by atoms with Gasteiger partial charge in [0.15, 0.2) is 5.13 Å². The van der Waals surface area contributed by atoms with Crippen LogP contribution in [0.25, 0.3) is 10.2 Å². The smallest absolute Gasteiger partial charge is 0.260 e. The molecule has 3 rings (SSSR count). The number of halogens is 1. The molecule has 11 heteroatoms. The van der Waals surface area contributed by atoms with Crippen LogP contribution < -0.4 is 9.64 Å². The molecule has 0 N–H and O–H groups in total. The summed E-state index contributed by atoms with van der Waals surface area (Å²) in [6.07, 6.45) is 3.48. The predicted molar refractivity (Wildman–Crippen MR) is 173 cm³/mol. The van der Waals surface area contributed by atoms with Crippen LogP contribution in [0.4, 0.5) is 5.13 Å². The van der Waals surface area contributed by atoms with Crippen molar-refractivity contribution in [2.24, 2.45) is 0 Å². The van der Waals surface area contributed by atoms with Crippen molar-refractivity contribution in [2.45, 2.75) is 65.2 Å². The average Bonchev–Trinajstić information content (AvgIpc) is 3.38. The zero-order valence-electron chi connectivity index (χ0n) is 25.0. The first-order chi connectivity index (χ1) is 19.3. The number of ether oxygens (including phenoxy) is 1. The number of amides is 1. The molecule has 0 aliphatic rings. The molecule has 0 saturated carbocycles. The molecular formula is C30H45ClN4O4S2. The molecule has 0 unspecified atom stereocenters. The largest absolute Gasteiger partial charge is 0.494 e. The van der Waals surface area contributed by atoms with Crippen LogP contribution in [0.5, 0.6) is 5.75 Å². The maximum absolute atomic E-state index is 13.8. The zero-order chi connectivity index (χ0) is 29.1. The Kier molecular flexibility index (Phi) is 14.5. The molecule has 228 valence electrons. The quantitative estimate of drug-likeness (QED) is 0.166. The number of anilines is 1. The van der Waals surface area contributed by atoms with Crippen molar-refractivity contribution in [1.29, 1.82) is 0 Å². The highest BCUT2D eigenvalue weighted by atomic mass is 35.5. The number of sulfonamides is 1. The first-order valence-electron chi connectivity index (χ1n) is 14.5. The van der Waals surface area contributed by atoms with Crippen molar-refractivity contribution in [3.05, 3.63) is 48.0 Å². The van der Waals surface area contributed by atoms with Gasteiger partial charge in [-0.1, -0.05) is 51.9 Å². The lowest BCUT2D eigenvalue weighted by molar-refractivity contribution is 0.0983. The van der Waals surface area contributed by atoms with Gasteiger partial charge < -0.3 is 9.64 Å². The minimum atomic E-state index is -3.64. The highest BCUT2D eigenvalue weighted by Gasteiger charge is 2.26. The summed E-state index contributed by atoms with van der Waals surface area (Å²) in [5.74, 6) is 0.573. The molecule has 0 aliphatic heterocycles. The van der Waals surface area contributed by atoms with E-state index in [9.17, 15) is 13.2 Å². The number of nitrogens with zero attached hydrogens (tertiary/aromatic N) is 4. The summed E-state index contributed by atoms with van der Waals surface area (Å²) in [7, 11) is -3.64. The molecule has 1 amide bonds. The molecule has 0 fully saturated rings. The van der Waals surface area contributed by atoms with Crippen LogP contribution in [0.2, 0.25) is 0 Å². The fourth-order valence-corrected chi connectivity index (χ4v) is 6.96. The van der Waals surface area contributed by atoms with Gasteiger partial charge in [0.2, 0.25) is 10.0 Å². The van der Waals surface area contributed by atoms with Crippen molar-refractivity contribution in [2.75, 3.05) is 50.8 Å². The summed E-state index contributed by atoms with van der Waals surface area (Å²) in [5.41, 5.74) is 1.24. The Bertz CT molecular complexity index is 1320. The average molecular weight is 625 g/mol. The van der Waals surface area contributed by atoms with Crippen molar-refractivity contribution >= 4 is 55.0 Å². The molecule has 0 radical (unpaired) electrons. The van der Waals surface area contributed by atoms with Crippen LogP contribution in [-0.2, 0) is 10.0 Å². The van der Waals surface area contributed by atoms with Crippen LogP contribution in [0, 0.1) is 0 Å². The van der Waals surface area contributed by atoms with Crippen molar-refractivity contribution in [1.82, 2.24) is 14.2 Å². The zero-order valence-corrected chi connectivity index (χ0v) is 27.4. The van der Waals surface area contributed by atoms with E-state index in [1.165, 1.54) is 11.3 Å². The van der Waals surface area contributed by atoms with Gasteiger partial charge in [0.1, 0.15) is 5.75 Å². The number of thiazole rings is 1. The molecule has 0 spiro atoms. The van der Waals surface area contributed by atoms with Crippen LogP contribution in [-0.4, -0.2) is 74.4 Å². The summed E-state index contributed by atoms with van der Waals surface area (Å²) in [5, 5.41) is 0.614. The third kappa shape index (κ3) is 9.12. The first kappa shape index (κ1) is 35.0. The molecule has 8 nitrogen and oxygen atoms in total. The van der Waals surface area contributed by atoms with E-state index in [0.29, 0.717) is 43.5 Å². The minimum Gasteiger partial charge on any atom is -0.494 e. The van der Waals surface area contributed by atoms with Gasteiger partial charge in [0, 0.05) is 31.7 Å². The minimum absolute atomic E-state index is 0. The summed E-state index contributed by atoms with van der Waals surface area (Å²) in [6, 6.07) is 12.1. The molecule has 0 saturated heterocycles. The van der Waals surface area contributed by atoms with Gasteiger partial charge in [-0.05, 0) is 75.3 Å². The number of carbonyl (C=O) groups is 1. The maximum Gasteiger partial charge on any atom is 0.260 e. The van der Waals surface area contributed by atoms with E-state index in [1.807, 2.05) is 25.1 Å². The van der Waals surface area contributed by atoms with Gasteiger partial charge >= 0.3 is 0 Å². The topological polar surface area (TPSA) is 83.1 Å². The predicted octanol–water partition coefficient (Wildman–Crippen LogP) is 6.70. The summed E-state index contributed by atoms with van der Waals surface area (Å²) in [4.78, 5) is 22.8. The Labute approximate surface area is 256 Å². The van der Waals surface area contributed by atoms with Crippen LogP contribution in [0.15, 0.2) is 47.4 Å². The molecule has 0 bridgehead atoms. The van der Waals surface area contributed by atoms with Crippen molar-refractivity contribution in [3.8, 4) is 5.75 Å². The van der Waals surface area contributed by atoms with E-state index < -0.39 is 10.0 Å². The van der Waals surface area contributed by atoms with E-state index in [1.54, 1.807) is 33.5 Å². The Morgan fingerprint density at radius 3 is 2.07 bits per heavy atom. The monoisotopic (exact) mass is 624 g/mol. The van der Waals surface area contributed by atoms with E-state index in [0.717, 1.165) is 54.7 Å². The molecule has 41 heavy (non-hydrogen) atoms. The van der Waals surface area contributed by atoms with Crippen molar-refractivity contribution in [3.63, 3.8) is 0 Å². The lowest BCUT2D eigenvalue weighted by Crippen LogP contribution is -2.39. The second-order valence-electron chi connectivity index (χ2n) is 9.68. The fourth-order valence-electron chi connectivity index (χ4n) is 4.43. The molecule has 0 atom stereocenters. The van der Waals surface area contributed by atoms with Gasteiger partial charge in [-0.2, -0.15) is 4.31 Å². The fraction of sp³-hybridized carbons (Fsp3) is 0.533. The third-order valence-corrected chi connectivity index (χ3v) is 9.89. The second-order valence-corrected chi connectivity index (χ2v) is 12.6. The highest BCUT2D eigenvalue weighted by molar-refractivity contribution is 7.89. The molecular weight excluding hydrogens is 580 g/mol. The molecule has 3 aromatic rings. The Hall–Kier alpha value is -2.24. The normalized spacial score (nSPS) is 11.7. The Morgan fingerprint density at radius 1 is 0.878 bits per heavy atom. The van der Waals surface area contributed by atoms with Gasteiger partial charge in [-0.15, -0.1) is 12.4 Å². The van der Waals surface area contributed by atoms with E-state index in [4.69, 9.17) is 9.72 Å². The van der Waals surface area contributed by atoms with E-state index in [2.05, 4.69) is 32.6 Å². The summed E-state index contributed by atoms with van der Waals surface area (Å²) >= 11 is 1.45. The number of fused-ring (bicyclic) bond motifs is 1. The Morgan fingerprint density at radius 2 is 1.51 bits per heavy atom. The van der Waals surface area contributed by atoms with Gasteiger partial charge in [0.05, 0.1) is 21.7 Å². The van der Waals surface area contributed by atoms with Gasteiger partial charge in [0.25, 0.3) is 5.91 Å². The Balaban J connectivity index is 0.00000588. The number of hydrogen-bond donors (Lipinski definition) is 0. The summed E-state index contributed by atoms with van der Waals surface area (Å²) < 4.78 is 35.0. The molecule has 1 heterocycles. The molecule has 0 aliphatic carbocycles. The lowest BCUT2D eigenvalue weighted by Gasteiger charge is -2.25. The third-order valence-electron chi connectivity index (χ3n) is 6.93. The van der Waals surface area contributed by atoms with Crippen LogP contribution in [0.1, 0.15) is 70.7 Å². The number of carbonyl (C=O) groups excluding carboxylic acids is 1. The van der Waals surface area contributed by atoms with Gasteiger partial charge in [-0.25, -0.2) is 13.4 Å². The summed E-state index contributed by atoms with van der Waals surface area (Å²) in [6.45, 7) is 14.8. The second kappa shape index (κ2) is 17.0. The van der Waals surface area contributed by atoms with E-state index >= 15 is 0 Å². The number of rotatable bonds is 17. The van der Waals surface area contributed by atoms with E-state index in [-0.39, 0.29) is 23.2 Å². The number of benzene rings is 2. The van der Waals surface area contributed by atoms with Gasteiger partial charge in [-0.3, -0.25) is 9.69 Å². The molecule has 2 aromatic carbocycles. The first-order valence-corrected chi connectivity index (χ1v) is 16.7. The molecule has 1 aromatic heterocycles.